The molecule has 6 heteroatoms. The maximum atomic E-state index is 11.1. The summed E-state index contributed by atoms with van der Waals surface area (Å²) in [4.78, 5) is 21.7. The Morgan fingerprint density at radius 1 is 1.69 bits per heavy atom. The number of H-pyrrole nitrogens is 1. The number of nitrogens with one attached hydrogen (secondary N) is 1. The molecule has 0 aromatic carbocycles. The fourth-order valence-electron chi connectivity index (χ4n) is 1.55. The second kappa shape index (κ2) is 2.72. The molecule has 0 saturated heterocycles. The molecule has 0 fully saturated rings. The van der Waals surface area contributed by atoms with Crippen molar-refractivity contribution in [3.63, 3.8) is 0 Å². The molecule has 0 bridgehead atoms. The summed E-state index contributed by atoms with van der Waals surface area (Å²) in [5, 5.41) is 14.8. The molecule has 0 saturated carbocycles. The number of hydrogen-bond acceptors (Lipinski definition) is 3. The van der Waals surface area contributed by atoms with E-state index in [0.29, 0.717) is 18.7 Å². The zero-order valence-electron chi connectivity index (χ0n) is 6.86. The Morgan fingerprint density at radius 2 is 2.46 bits per heavy atom. The number of rotatable bonds is 1. The first-order chi connectivity index (χ1) is 6.18. The Bertz CT molecular complexity index is 392. The van der Waals surface area contributed by atoms with Crippen molar-refractivity contribution in [3.05, 3.63) is 16.3 Å². The van der Waals surface area contributed by atoms with Gasteiger partial charge in [-0.3, -0.25) is 9.36 Å². The van der Waals surface area contributed by atoms with Gasteiger partial charge >= 0.3 is 11.7 Å². The van der Waals surface area contributed by atoms with E-state index in [1.807, 2.05) is 0 Å². The van der Waals surface area contributed by atoms with Crippen LogP contribution in [0.1, 0.15) is 12.2 Å². The number of aryl methyl sites for hydroxylation is 1. The fraction of sp³-hybridized carbons (Fsp3) is 0.571. The third kappa shape index (κ3) is 1.24. The van der Waals surface area contributed by atoms with Crippen LogP contribution in [-0.4, -0.2) is 25.8 Å². The number of carboxylic acids is 1. The van der Waals surface area contributed by atoms with Gasteiger partial charge < -0.3 is 5.11 Å². The predicted molar refractivity (Wildman–Crippen MR) is 42.3 cm³/mol. The van der Waals surface area contributed by atoms with Crippen LogP contribution in [-0.2, 0) is 17.8 Å². The van der Waals surface area contributed by atoms with Crippen LogP contribution in [0.15, 0.2) is 4.79 Å². The van der Waals surface area contributed by atoms with Gasteiger partial charge in [-0.05, 0) is 6.42 Å². The summed E-state index contributed by atoms with van der Waals surface area (Å²) in [7, 11) is 0. The molecule has 0 unspecified atom stereocenters. The Hall–Kier alpha value is -1.59. The largest absolute Gasteiger partial charge is 0.481 e. The van der Waals surface area contributed by atoms with Gasteiger partial charge in [0.25, 0.3) is 0 Å². The van der Waals surface area contributed by atoms with Gasteiger partial charge in [0.1, 0.15) is 5.82 Å². The quantitative estimate of drug-likeness (QED) is 0.597. The molecule has 1 atom stereocenters. The van der Waals surface area contributed by atoms with Gasteiger partial charge in [0.05, 0.1) is 5.92 Å². The molecule has 0 spiro atoms. The lowest BCUT2D eigenvalue weighted by Gasteiger charge is -2.18. The van der Waals surface area contributed by atoms with Gasteiger partial charge in [0.15, 0.2) is 0 Å². The first kappa shape index (κ1) is 8.03. The highest BCUT2D eigenvalue weighted by molar-refractivity contribution is 5.70. The monoisotopic (exact) mass is 183 g/mol. The second-order valence-electron chi connectivity index (χ2n) is 3.13. The first-order valence-electron chi connectivity index (χ1n) is 4.05. The van der Waals surface area contributed by atoms with Gasteiger partial charge in [-0.2, -0.15) is 5.10 Å². The number of aromatic amines is 1. The van der Waals surface area contributed by atoms with E-state index in [1.54, 1.807) is 0 Å². The summed E-state index contributed by atoms with van der Waals surface area (Å²) >= 11 is 0. The average Bonchev–Trinajstić information content (AvgIpc) is 2.47. The maximum Gasteiger partial charge on any atom is 0.343 e. The summed E-state index contributed by atoms with van der Waals surface area (Å²) in [5.74, 6) is -0.649. The van der Waals surface area contributed by atoms with Gasteiger partial charge in [-0.15, -0.1) is 0 Å². The van der Waals surface area contributed by atoms with E-state index in [9.17, 15) is 9.59 Å². The number of aromatic nitrogens is 3. The number of aliphatic carboxylic acids is 1. The molecule has 1 aromatic rings. The molecule has 0 amide bonds. The van der Waals surface area contributed by atoms with Crippen LogP contribution >= 0.6 is 0 Å². The minimum Gasteiger partial charge on any atom is -0.481 e. The highest BCUT2D eigenvalue weighted by Gasteiger charge is 2.26. The van der Waals surface area contributed by atoms with Crippen molar-refractivity contribution in [2.75, 3.05) is 0 Å². The molecule has 1 aromatic heterocycles. The molecule has 0 aliphatic carbocycles. The topological polar surface area (TPSA) is 88.0 Å². The van der Waals surface area contributed by atoms with E-state index in [4.69, 9.17) is 5.11 Å². The Morgan fingerprint density at radius 3 is 3.15 bits per heavy atom. The number of hydrogen-bond donors (Lipinski definition) is 2. The standard InChI is InChI=1S/C7H9N3O3/c11-6(12)4-1-2-5-8-9-7(13)10(5)3-4/h4H,1-3H2,(H,9,13)(H,11,12)/t4-/m1/s1. The Kier molecular flexibility index (Phi) is 1.68. The minimum absolute atomic E-state index is 0.236. The molecule has 6 nitrogen and oxygen atoms in total. The fourth-order valence-corrected chi connectivity index (χ4v) is 1.55. The van der Waals surface area contributed by atoms with E-state index < -0.39 is 11.9 Å². The lowest BCUT2D eigenvalue weighted by molar-refractivity contribution is -0.142. The van der Waals surface area contributed by atoms with Crippen molar-refractivity contribution in [1.82, 2.24) is 14.8 Å². The van der Waals surface area contributed by atoms with Crippen molar-refractivity contribution >= 4 is 5.97 Å². The van der Waals surface area contributed by atoms with E-state index in [1.165, 1.54) is 4.57 Å². The molecule has 0 radical (unpaired) electrons. The number of nitrogens with zero attached hydrogens (tertiary/aromatic N) is 2. The Labute approximate surface area is 73.2 Å². The maximum absolute atomic E-state index is 11.1. The lowest BCUT2D eigenvalue weighted by atomic mass is 10.00. The van der Waals surface area contributed by atoms with Crippen LogP contribution in [0.25, 0.3) is 0 Å². The van der Waals surface area contributed by atoms with E-state index in [2.05, 4.69) is 10.2 Å². The summed E-state index contributed by atoms with van der Waals surface area (Å²) in [6.07, 6.45) is 1.11. The van der Waals surface area contributed by atoms with Crippen molar-refractivity contribution < 1.29 is 9.90 Å². The van der Waals surface area contributed by atoms with Crippen LogP contribution in [0.3, 0.4) is 0 Å². The molecule has 2 heterocycles. The van der Waals surface area contributed by atoms with Crippen molar-refractivity contribution in [1.29, 1.82) is 0 Å². The van der Waals surface area contributed by atoms with Crippen molar-refractivity contribution in [2.24, 2.45) is 5.92 Å². The summed E-state index contributed by atoms with van der Waals surface area (Å²) < 4.78 is 1.39. The van der Waals surface area contributed by atoms with Crippen molar-refractivity contribution in [2.45, 2.75) is 19.4 Å². The lowest BCUT2D eigenvalue weighted by Crippen LogP contribution is -2.31. The molecule has 2 N–H and O–H groups in total. The molecule has 2 rings (SSSR count). The third-order valence-electron chi connectivity index (χ3n) is 2.31. The molecular formula is C7H9N3O3. The molecule has 1 aliphatic heterocycles. The number of carbonyl (C=O) groups is 1. The molecule has 70 valence electrons. The van der Waals surface area contributed by atoms with E-state index in [-0.39, 0.29) is 12.2 Å². The molecule has 1 aliphatic rings. The van der Waals surface area contributed by atoms with Gasteiger partial charge in [-0.25, -0.2) is 9.89 Å². The highest BCUT2D eigenvalue weighted by Crippen LogP contribution is 2.16. The number of carboxylic acid groups (broad SMARTS) is 1. The van der Waals surface area contributed by atoms with Gasteiger partial charge in [0.2, 0.25) is 0 Å². The normalized spacial score (nSPS) is 21.1. The van der Waals surface area contributed by atoms with E-state index >= 15 is 0 Å². The zero-order chi connectivity index (χ0) is 9.42. The molecular weight excluding hydrogens is 174 g/mol. The second-order valence-corrected chi connectivity index (χ2v) is 3.13. The van der Waals surface area contributed by atoms with Gasteiger partial charge in [0, 0.05) is 13.0 Å². The highest BCUT2D eigenvalue weighted by atomic mass is 16.4. The summed E-state index contributed by atoms with van der Waals surface area (Å²) in [6.45, 7) is 0.236. The van der Waals surface area contributed by atoms with Crippen LogP contribution in [0.5, 0.6) is 0 Å². The summed E-state index contributed by atoms with van der Waals surface area (Å²) in [5.41, 5.74) is -0.319. The first-order valence-corrected chi connectivity index (χ1v) is 4.05. The van der Waals surface area contributed by atoms with Crippen LogP contribution in [0.4, 0.5) is 0 Å². The van der Waals surface area contributed by atoms with Crippen LogP contribution in [0.2, 0.25) is 0 Å². The summed E-state index contributed by atoms with van der Waals surface area (Å²) in [6, 6.07) is 0. The van der Waals surface area contributed by atoms with Crippen LogP contribution in [0, 0.1) is 5.92 Å². The molecule has 13 heavy (non-hydrogen) atoms. The average molecular weight is 183 g/mol. The smallest absolute Gasteiger partial charge is 0.343 e. The predicted octanol–water partition coefficient (Wildman–Crippen LogP) is -0.782. The van der Waals surface area contributed by atoms with Crippen LogP contribution < -0.4 is 5.69 Å². The zero-order valence-corrected chi connectivity index (χ0v) is 6.86. The van der Waals surface area contributed by atoms with Gasteiger partial charge in [-0.1, -0.05) is 0 Å². The van der Waals surface area contributed by atoms with E-state index in [0.717, 1.165) is 0 Å². The third-order valence-corrected chi connectivity index (χ3v) is 2.31. The Balaban J connectivity index is 2.33. The SMILES string of the molecule is O=C(O)[C@@H]1CCc2n[nH]c(=O)n2C1. The van der Waals surface area contributed by atoms with Crippen molar-refractivity contribution in [3.8, 4) is 0 Å². The minimum atomic E-state index is -0.848. The number of fused-ring (bicyclic) bond motifs is 1.